The van der Waals surface area contributed by atoms with Crippen molar-refractivity contribution in [2.24, 2.45) is 0 Å². The molecule has 1 atom stereocenters. The van der Waals surface area contributed by atoms with Crippen LogP contribution in [0, 0.1) is 0 Å². The van der Waals surface area contributed by atoms with Gasteiger partial charge in [0.05, 0.1) is 27.7 Å². The van der Waals surface area contributed by atoms with Gasteiger partial charge in [-0.1, -0.05) is 103 Å². The van der Waals surface area contributed by atoms with Crippen molar-refractivity contribution in [2.75, 3.05) is 54.4 Å². The van der Waals surface area contributed by atoms with Crippen LogP contribution in [0.15, 0.2) is 0 Å². The third kappa shape index (κ3) is 28.1. The van der Waals surface area contributed by atoms with E-state index in [9.17, 15) is 9.36 Å². The SMILES string of the molecule is CCCCCCCCCCCCCCCCCCN(CCO)C(=O)NC.C[N+](C)(C)CC(O)P(=O)(O)O. The first-order chi connectivity index (χ1) is 17.4. The highest BCUT2D eigenvalue weighted by Gasteiger charge is 2.31. The highest BCUT2D eigenvalue weighted by Crippen LogP contribution is 2.39. The van der Waals surface area contributed by atoms with Gasteiger partial charge in [0.2, 0.25) is 5.85 Å². The number of unbranched alkanes of at least 4 members (excludes halogenated alkanes) is 15. The van der Waals surface area contributed by atoms with Gasteiger partial charge in [0.1, 0.15) is 6.54 Å². The van der Waals surface area contributed by atoms with Crippen molar-refractivity contribution in [1.82, 2.24) is 10.2 Å². The lowest BCUT2D eigenvalue weighted by atomic mass is 10.0. The first kappa shape index (κ1) is 38.4. The van der Waals surface area contributed by atoms with E-state index in [0.29, 0.717) is 11.0 Å². The van der Waals surface area contributed by atoms with Crippen LogP contribution in [0.4, 0.5) is 4.79 Å². The van der Waals surface area contributed by atoms with Gasteiger partial charge in [0.15, 0.2) is 0 Å². The summed E-state index contributed by atoms with van der Waals surface area (Å²) in [6, 6.07) is -0.0833. The summed E-state index contributed by atoms with van der Waals surface area (Å²) in [7, 11) is 2.57. The number of carbonyl (C=O) groups is 1. The molecule has 0 aliphatic carbocycles. The van der Waals surface area contributed by atoms with Crippen LogP contribution in [0.25, 0.3) is 0 Å². The van der Waals surface area contributed by atoms with E-state index in [0.717, 1.165) is 13.0 Å². The van der Waals surface area contributed by atoms with Gasteiger partial charge in [-0.15, -0.1) is 0 Å². The zero-order valence-corrected chi connectivity index (χ0v) is 25.6. The van der Waals surface area contributed by atoms with Crippen LogP contribution in [-0.4, -0.2) is 95.7 Å². The topological polar surface area (TPSA) is 130 Å². The highest BCUT2D eigenvalue weighted by molar-refractivity contribution is 7.52. The summed E-state index contributed by atoms with van der Waals surface area (Å²) in [4.78, 5) is 30.3. The predicted molar refractivity (Wildman–Crippen MR) is 154 cm³/mol. The van der Waals surface area contributed by atoms with Gasteiger partial charge >= 0.3 is 13.6 Å². The molecule has 0 radical (unpaired) electrons. The molecule has 1 unspecified atom stereocenters. The van der Waals surface area contributed by atoms with Crippen LogP contribution >= 0.6 is 7.60 Å². The zero-order chi connectivity index (χ0) is 28.6. The van der Waals surface area contributed by atoms with E-state index in [4.69, 9.17) is 20.0 Å². The number of hydrogen-bond acceptors (Lipinski definition) is 4. The number of hydrogen-bond donors (Lipinski definition) is 5. The van der Waals surface area contributed by atoms with E-state index in [1.165, 1.54) is 96.3 Å². The number of rotatable bonds is 22. The molecule has 0 aliphatic heterocycles. The molecular formula is C27H61N3O6P+. The predicted octanol–water partition coefficient (Wildman–Crippen LogP) is 5.07. The second-order valence-electron chi connectivity index (χ2n) is 11.1. The standard InChI is InChI=1S/C22H46N2O2.C5H14NO4P/c1-3-4-5-6-7-8-9-10-11-12-13-14-15-16-17-18-19-24(20-21-25)22(26)23-2;1-6(2,3)4-5(7)11(8,9)10/h25H,3-21H2,1-2H3,(H,23,26);5,7H,4H2,1-3H3,(H-,8,9,10)/p+1. The van der Waals surface area contributed by atoms with Gasteiger partial charge in [-0.25, -0.2) is 4.79 Å². The number of urea groups is 1. The molecule has 0 saturated heterocycles. The lowest BCUT2D eigenvalue weighted by molar-refractivity contribution is -0.872. The first-order valence-electron chi connectivity index (χ1n) is 14.5. The molecule has 0 fully saturated rings. The minimum absolute atomic E-state index is 0.0340. The largest absolute Gasteiger partial charge is 0.395 e. The molecular weight excluding hydrogens is 493 g/mol. The minimum atomic E-state index is -4.31. The Morgan fingerprint density at radius 3 is 1.43 bits per heavy atom. The first-order valence-corrected chi connectivity index (χ1v) is 16.2. The fourth-order valence-electron chi connectivity index (χ4n) is 4.04. The molecule has 9 nitrogen and oxygen atoms in total. The van der Waals surface area contributed by atoms with Crippen LogP contribution in [0.5, 0.6) is 0 Å². The number of aliphatic hydroxyl groups is 2. The fraction of sp³-hybridized carbons (Fsp3) is 0.963. The van der Waals surface area contributed by atoms with E-state index in [1.54, 1.807) is 33.1 Å². The Labute approximate surface area is 227 Å². The van der Waals surface area contributed by atoms with Gasteiger partial charge < -0.3 is 34.7 Å². The van der Waals surface area contributed by atoms with Crippen molar-refractivity contribution in [2.45, 2.75) is 116 Å². The number of aliphatic hydroxyl groups excluding tert-OH is 2. The summed E-state index contributed by atoms with van der Waals surface area (Å²) < 4.78 is 10.8. The van der Waals surface area contributed by atoms with Crippen molar-refractivity contribution in [3.8, 4) is 0 Å². The normalized spacial score (nSPS) is 12.6. The highest BCUT2D eigenvalue weighted by atomic mass is 31.2. The quantitative estimate of drug-likeness (QED) is 0.0722. The summed E-state index contributed by atoms with van der Waals surface area (Å²) in [6.07, 6.45) is 21.7. The van der Waals surface area contributed by atoms with Crippen LogP contribution < -0.4 is 5.32 Å². The number of carbonyl (C=O) groups excluding carboxylic acids is 1. The maximum absolute atomic E-state index is 11.6. The monoisotopic (exact) mass is 554 g/mol. The number of quaternary nitrogens is 1. The van der Waals surface area contributed by atoms with E-state index < -0.39 is 13.4 Å². The van der Waals surface area contributed by atoms with Crippen molar-refractivity contribution in [1.29, 1.82) is 0 Å². The molecule has 0 aromatic rings. The second-order valence-corrected chi connectivity index (χ2v) is 12.9. The van der Waals surface area contributed by atoms with Gasteiger partial charge in [-0.05, 0) is 6.42 Å². The molecule has 5 N–H and O–H groups in total. The molecule has 0 heterocycles. The third-order valence-corrected chi connectivity index (χ3v) is 7.19. The lowest BCUT2D eigenvalue weighted by Crippen LogP contribution is -2.41. The fourth-order valence-corrected chi connectivity index (χ4v) is 4.74. The number of amides is 2. The molecule has 0 aromatic carbocycles. The van der Waals surface area contributed by atoms with Crippen LogP contribution in [-0.2, 0) is 4.57 Å². The Morgan fingerprint density at radius 2 is 1.16 bits per heavy atom. The number of nitrogens with one attached hydrogen (secondary N) is 1. The Hall–Kier alpha value is -0.700. The Kier molecular flexibility index (Phi) is 25.3. The Morgan fingerprint density at radius 1 is 0.784 bits per heavy atom. The maximum Gasteiger partial charge on any atom is 0.359 e. The molecule has 0 aromatic heterocycles. The second kappa shape index (κ2) is 24.3. The lowest BCUT2D eigenvalue weighted by Gasteiger charge is -2.26. The van der Waals surface area contributed by atoms with Crippen LogP contribution in [0.3, 0.4) is 0 Å². The molecule has 0 bridgehead atoms. The van der Waals surface area contributed by atoms with E-state index in [2.05, 4.69) is 12.2 Å². The minimum Gasteiger partial charge on any atom is -0.395 e. The summed E-state index contributed by atoms with van der Waals surface area (Å²) in [6.45, 7) is 3.54. The van der Waals surface area contributed by atoms with Crippen molar-refractivity contribution in [3.05, 3.63) is 0 Å². The van der Waals surface area contributed by atoms with Gasteiger partial charge in [0, 0.05) is 20.1 Å². The summed E-state index contributed by atoms with van der Waals surface area (Å²) >= 11 is 0. The molecule has 224 valence electrons. The summed E-state index contributed by atoms with van der Waals surface area (Å²) in [5.74, 6) is -1.55. The molecule has 10 heteroatoms. The molecule has 37 heavy (non-hydrogen) atoms. The Balaban J connectivity index is 0. The zero-order valence-electron chi connectivity index (χ0n) is 24.7. The maximum atomic E-state index is 11.6. The number of likely N-dealkylation sites (N-methyl/N-ethyl adjacent to an activating group) is 1. The number of nitrogens with zero attached hydrogens (tertiary/aromatic N) is 2. The third-order valence-electron chi connectivity index (χ3n) is 6.25. The van der Waals surface area contributed by atoms with Gasteiger partial charge in [-0.2, -0.15) is 0 Å². The van der Waals surface area contributed by atoms with Crippen LogP contribution in [0.2, 0.25) is 0 Å². The average Bonchev–Trinajstić information content (AvgIpc) is 2.81. The molecule has 2 amide bonds. The van der Waals surface area contributed by atoms with Gasteiger partial charge in [0.25, 0.3) is 0 Å². The Bertz CT molecular complexity index is 569. The van der Waals surface area contributed by atoms with E-state index >= 15 is 0 Å². The molecule has 0 rings (SSSR count). The van der Waals surface area contributed by atoms with E-state index in [1.807, 2.05) is 0 Å². The van der Waals surface area contributed by atoms with Crippen molar-refractivity contribution < 1.29 is 33.8 Å². The molecule has 0 saturated carbocycles. The van der Waals surface area contributed by atoms with Crippen LogP contribution in [0.1, 0.15) is 110 Å². The molecule has 0 spiro atoms. The average molecular weight is 555 g/mol. The molecule has 0 aliphatic rings. The van der Waals surface area contributed by atoms with Crippen molar-refractivity contribution in [3.63, 3.8) is 0 Å². The van der Waals surface area contributed by atoms with E-state index in [-0.39, 0.29) is 19.2 Å². The smallest absolute Gasteiger partial charge is 0.359 e. The van der Waals surface area contributed by atoms with Crippen molar-refractivity contribution >= 4 is 13.6 Å². The summed E-state index contributed by atoms with van der Waals surface area (Å²) in [5.41, 5.74) is 0. The summed E-state index contributed by atoms with van der Waals surface area (Å²) in [5, 5.41) is 20.6. The van der Waals surface area contributed by atoms with Gasteiger partial charge in [-0.3, -0.25) is 4.57 Å².